The molecule has 160 valence electrons. The smallest absolute Gasteiger partial charge is 0.253 e. The summed E-state index contributed by atoms with van der Waals surface area (Å²) in [5, 5.41) is 10.9. The van der Waals surface area contributed by atoms with Gasteiger partial charge in [0.25, 0.3) is 5.91 Å². The number of thioether (sulfide) groups is 1. The highest BCUT2D eigenvalue weighted by atomic mass is 32.2. The Morgan fingerprint density at radius 2 is 1.81 bits per heavy atom. The monoisotopic (exact) mass is 435 g/mol. The van der Waals surface area contributed by atoms with Crippen molar-refractivity contribution in [3.8, 4) is 5.69 Å². The van der Waals surface area contributed by atoms with E-state index in [2.05, 4.69) is 20.7 Å². The van der Waals surface area contributed by atoms with Gasteiger partial charge in [-0.3, -0.25) is 9.59 Å². The highest BCUT2D eigenvalue weighted by Gasteiger charge is 2.30. The van der Waals surface area contributed by atoms with Crippen LogP contribution in [0.25, 0.3) is 5.69 Å². The van der Waals surface area contributed by atoms with Gasteiger partial charge in [0.05, 0.1) is 22.7 Å². The van der Waals surface area contributed by atoms with Crippen LogP contribution < -0.4 is 10.6 Å². The second-order valence-corrected chi connectivity index (χ2v) is 8.73. The molecule has 1 fully saturated rings. The zero-order valence-corrected chi connectivity index (χ0v) is 18.4. The predicted molar refractivity (Wildman–Crippen MR) is 122 cm³/mol. The zero-order chi connectivity index (χ0) is 21.8. The predicted octanol–water partition coefficient (Wildman–Crippen LogP) is 4.01. The third-order valence-corrected chi connectivity index (χ3v) is 5.59. The molecule has 1 heterocycles. The maximum Gasteiger partial charge on any atom is 0.253 e. The van der Waals surface area contributed by atoms with Gasteiger partial charge in [-0.2, -0.15) is 0 Å². The summed E-state index contributed by atoms with van der Waals surface area (Å²) in [4.78, 5) is 29.6. The van der Waals surface area contributed by atoms with E-state index in [9.17, 15) is 9.59 Å². The Morgan fingerprint density at radius 1 is 1.10 bits per heavy atom. The molecule has 2 N–H and O–H groups in total. The second kappa shape index (κ2) is 9.34. The van der Waals surface area contributed by atoms with Crippen molar-refractivity contribution in [2.75, 3.05) is 11.1 Å². The number of nitrogens with zero attached hydrogens (tertiary/aromatic N) is 3. The zero-order valence-electron chi connectivity index (χ0n) is 17.5. The lowest BCUT2D eigenvalue weighted by Crippen LogP contribution is -2.31. The molecule has 0 spiro atoms. The van der Waals surface area contributed by atoms with Crippen LogP contribution in [0, 0.1) is 0 Å². The molecule has 4 rings (SSSR count). The first-order valence-electron chi connectivity index (χ1n) is 10.4. The molecule has 0 atom stereocenters. The van der Waals surface area contributed by atoms with E-state index in [0.717, 1.165) is 24.4 Å². The minimum absolute atomic E-state index is 0.0123. The topological polar surface area (TPSA) is 88.9 Å². The van der Waals surface area contributed by atoms with E-state index in [4.69, 9.17) is 0 Å². The van der Waals surface area contributed by atoms with Gasteiger partial charge < -0.3 is 10.6 Å². The van der Waals surface area contributed by atoms with E-state index in [0.29, 0.717) is 22.3 Å². The summed E-state index contributed by atoms with van der Waals surface area (Å²) in [5.74, 6) is 1.12. The molecule has 7 nitrogen and oxygen atoms in total. The molecule has 0 unspecified atom stereocenters. The van der Waals surface area contributed by atoms with Crippen molar-refractivity contribution in [2.24, 2.45) is 0 Å². The number of rotatable bonds is 8. The van der Waals surface area contributed by atoms with E-state index in [1.165, 1.54) is 11.8 Å². The number of hydrogen-bond acceptors (Lipinski definition) is 5. The number of carbonyl (C=O) groups excluding carboxylic acids is 2. The minimum Gasteiger partial charge on any atom is -0.350 e. The quantitative estimate of drug-likeness (QED) is 0.522. The van der Waals surface area contributed by atoms with Crippen LogP contribution in [0.2, 0.25) is 0 Å². The molecular formula is C23H25N5O2S. The van der Waals surface area contributed by atoms with Crippen molar-refractivity contribution < 1.29 is 9.59 Å². The Balaban J connectivity index is 1.43. The summed E-state index contributed by atoms with van der Waals surface area (Å²) in [6, 6.07) is 16.9. The highest BCUT2D eigenvalue weighted by molar-refractivity contribution is 7.99. The van der Waals surface area contributed by atoms with Gasteiger partial charge in [-0.25, -0.2) is 9.67 Å². The first kappa shape index (κ1) is 21.1. The van der Waals surface area contributed by atoms with Crippen molar-refractivity contribution in [3.05, 3.63) is 66.0 Å². The molecule has 0 bridgehead atoms. The van der Waals surface area contributed by atoms with Crippen LogP contribution in [0.5, 0.6) is 0 Å². The fourth-order valence-corrected chi connectivity index (χ4v) is 3.81. The van der Waals surface area contributed by atoms with Crippen LogP contribution in [-0.4, -0.2) is 38.4 Å². The lowest BCUT2D eigenvalue weighted by Gasteiger charge is -2.12. The van der Waals surface area contributed by atoms with E-state index in [-0.39, 0.29) is 23.6 Å². The molecule has 31 heavy (non-hydrogen) atoms. The standard InChI is InChI=1S/C23H25N5O2S/c1-15(2)24-22(30)18-10-6-7-11-19(18)25-20(29)14-31-23-26-21(16-12-13-16)28(27-23)17-8-4-3-5-9-17/h3-11,15-16H,12-14H2,1-2H3,(H,24,30)(H,25,29). The van der Waals surface area contributed by atoms with Crippen molar-refractivity contribution in [1.29, 1.82) is 0 Å². The molecule has 2 amide bonds. The summed E-state index contributed by atoms with van der Waals surface area (Å²) >= 11 is 1.29. The molecule has 3 aromatic rings. The molecule has 1 saturated carbocycles. The Kier molecular flexibility index (Phi) is 6.36. The van der Waals surface area contributed by atoms with Crippen LogP contribution in [0.3, 0.4) is 0 Å². The van der Waals surface area contributed by atoms with Crippen molar-refractivity contribution in [2.45, 2.75) is 43.8 Å². The molecule has 1 aliphatic carbocycles. The number of benzene rings is 2. The van der Waals surface area contributed by atoms with Gasteiger partial charge in [0.15, 0.2) is 0 Å². The van der Waals surface area contributed by atoms with Crippen LogP contribution in [0.15, 0.2) is 59.8 Å². The maximum absolute atomic E-state index is 12.6. The molecule has 2 aromatic carbocycles. The number of amides is 2. The van der Waals surface area contributed by atoms with Gasteiger partial charge >= 0.3 is 0 Å². The largest absolute Gasteiger partial charge is 0.350 e. The minimum atomic E-state index is -0.212. The number of aromatic nitrogens is 3. The summed E-state index contributed by atoms with van der Waals surface area (Å²) in [6.07, 6.45) is 2.23. The van der Waals surface area contributed by atoms with E-state index in [1.54, 1.807) is 24.3 Å². The van der Waals surface area contributed by atoms with Crippen molar-refractivity contribution >= 4 is 29.3 Å². The van der Waals surface area contributed by atoms with E-state index in [1.807, 2.05) is 48.9 Å². The van der Waals surface area contributed by atoms with Gasteiger partial charge in [-0.15, -0.1) is 5.10 Å². The Bertz CT molecular complexity index is 1080. The van der Waals surface area contributed by atoms with Gasteiger partial charge in [0.2, 0.25) is 11.1 Å². The third kappa shape index (κ3) is 5.32. The van der Waals surface area contributed by atoms with Gasteiger partial charge in [-0.05, 0) is 51.0 Å². The lowest BCUT2D eigenvalue weighted by molar-refractivity contribution is -0.113. The number of hydrogen-bond donors (Lipinski definition) is 2. The fraction of sp³-hybridized carbons (Fsp3) is 0.304. The van der Waals surface area contributed by atoms with E-state index < -0.39 is 0 Å². The second-order valence-electron chi connectivity index (χ2n) is 7.78. The molecule has 8 heteroatoms. The van der Waals surface area contributed by atoms with E-state index >= 15 is 0 Å². The molecular weight excluding hydrogens is 410 g/mol. The van der Waals surface area contributed by atoms with Crippen molar-refractivity contribution in [1.82, 2.24) is 20.1 Å². The first-order chi connectivity index (χ1) is 15.0. The first-order valence-corrected chi connectivity index (χ1v) is 11.3. The lowest BCUT2D eigenvalue weighted by atomic mass is 10.1. The van der Waals surface area contributed by atoms with Gasteiger partial charge in [-0.1, -0.05) is 42.1 Å². The summed E-state index contributed by atoms with van der Waals surface area (Å²) < 4.78 is 1.88. The Morgan fingerprint density at radius 3 is 2.52 bits per heavy atom. The fourth-order valence-electron chi connectivity index (χ4n) is 3.18. The highest BCUT2D eigenvalue weighted by Crippen LogP contribution is 2.40. The summed E-state index contributed by atoms with van der Waals surface area (Å²) in [5.41, 5.74) is 1.91. The molecule has 0 saturated heterocycles. The number of anilines is 1. The van der Waals surface area contributed by atoms with Gasteiger partial charge in [0.1, 0.15) is 5.82 Å². The van der Waals surface area contributed by atoms with Crippen LogP contribution >= 0.6 is 11.8 Å². The normalized spacial score (nSPS) is 13.3. The van der Waals surface area contributed by atoms with Crippen LogP contribution in [0.4, 0.5) is 5.69 Å². The number of nitrogens with one attached hydrogen (secondary N) is 2. The average Bonchev–Trinajstić information content (AvgIpc) is 3.52. The van der Waals surface area contributed by atoms with Gasteiger partial charge in [0, 0.05) is 12.0 Å². The summed E-state index contributed by atoms with van der Waals surface area (Å²) in [6.45, 7) is 3.79. The SMILES string of the molecule is CC(C)NC(=O)c1ccccc1NC(=O)CSc1nc(C2CC2)n(-c2ccccc2)n1. The molecule has 1 aromatic heterocycles. The van der Waals surface area contributed by atoms with Crippen molar-refractivity contribution in [3.63, 3.8) is 0 Å². The average molecular weight is 436 g/mol. The summed E-state index contributed by atoms with van der Waals surface area (Å²) in [7, 11) is 0. The Hall–Kier alpha value is -3.13. The van der Waals surface area contributed by atoms with Crippen LogP contribution in [0.1, 0.15) is 48.8 Å². The molecule has 0 aliphatic heterocycles. The number of carbonyl (C=O) groups is 2. The number of para-hydroxylation sites is 2. The third-order valence-electron chi connectivity index (χ3n) is 4.75. The molecule has 1 aliphatic rings. The Labute approximate surface area is 185 Å². The maximum atomic E-state index is 12.6. The van der Waals surface area contributed by atoms with Crippen LogP contribution in [-0.2, 0) is 4.79 Å². The molecule has 0 radical (unpaired) electrons.